The van der Waals surface area contributed by atoms with Gasteiger partial charge in [-0.1, -0.05) is 0 Å². The van der Waals surface area contributed by atoms with Gasteiger partial charge >= 0.3 is 0 Å². The van der Waals surface area contributed by atoms with Gasteiger partial charge in [-0.3, -0.25) is 4.79 Å². The number of nitrogens with two attached hydrogens (primary N) is 1. The lowest BCUT2D eigenvalue weighted by Gasteiger charge is -2.28. The molecule has 1 aliphatic rings. The van der Waals surface area contributed by atoms with Crippen molar-refractivity contribution in [2.75, 3.05) is 7.05 Å². The van der Waals surface area contributed by atoms with E-state index in [1.807, 2.05) is 19.4 Å². The maximum absolute atomic E-state index is 12.3. The van der Waals surface area contributed by atoms with E-state index in [9.17, 15) is 4.79 Å². The van der Waals surface area contributed by atoms with Gasteiger partial charge in [0, 0.05) is 24.4 Å². The van der Waals surface area contributed by atoms with E-state index in [1.165, 1.54) is 0 Å². The van der Waals surface area contributed by atoms with Crippen molar-refractivity contribution in [1.82, 2.24) is 9.88 Å². The van der Waals surface area contributed by atoms with Crippen LogP contribution in [0.1, 0.15) is 36.4 Å². The lowest BCUT2D eigenvalue weighted by atomic mass is 9.85. The zero-order valence-corrected chi connectivity index (χ0v) is 11.9. The van der Waals surface area contributed by atoms with Crippen molar-refractivity contribution in [2.45, 2.75) is 45.2 Å². The van der Waals surface area contributed by atoms with Gasteiger partial charge in [0.25, 0.3) is 0 Å². The molecule has 1 aromatic rings. The van der Waals surface area contributed by atoms with Crippen LogP contribution in [0.4, 0.5) is 0 Å². The Balaban J connectivity index is 1.88. The maximum atomic E-state index is 12.3. The van der Waals surface area contributed by atoms with Crippen molar-refractivity contribution < 1.29 is 4.79 Å². The Kier molecular flexibility index (Phi) is 4.35. The highest BCUT2D eigenvalue weighted by molar-refractivity contribution is 7.09. The topological polar surface area (TPSA) is 59.2 Å². The third kappa shape index (κ3) is 3.29. The average Bonchev–Trinajstić information content (AvgIpc) is 2.75. The highest BCUT2D eigenvalue weighted by Gasteiger charge is 2.26. The summed E-state index contributed by atoms with van der Waals surface area (Å²) < 4.78 is 0. The van der Waals surface area contributed by atoms with Gasteiger partial charge in [0.15, 0.2) is 0 Å². The predicted molar refractivity (Wildman–Crippen MR) is 73.3 cm³/mol. The van der Waals surface area contributed by atoms with Crippen molar-refractivity contribution in [1.29, 1.82) is 0 Å². The van der Waals surface area contributed by atoms with Crippen molar-refractivity contribution >= 4 is 17.2 Å². The predicted octanol–water partition coefficient (Wildman–Crippen LogP) is 1.93. The molecule has 0 bridgehead atoms. The van der Waals surface area contributed by atoms with Crippen LogP contribution in [0.5, 0.6) is 0 Å². The molecule has 0 aliphatic heterocycles. The molecule has 1 aromatic heterocycles. The molecule has 1 aliphatic carbocycles. The molecule has 100 valence electrons. The van der Waals surface area contributed by atoms with E-state index in [2.05, 4.69) is 4.98 Å². The van der Waals surface area contributed by atoms with E-state index in [0.29, 0.717) is 12.6 Å². The molecule has 1 saturated carbocycles. The van der Waals surface area contributed by atoms with Gasteiger partial charge in [0.05, 0.1) is 17.2 Å². The molecule has 2 rings (SSSR count). The Bertz CT molecular complexity index is 410. The van der Waals surface area contributed by atoms with Crippen molar-refractivity contribution in [2.24, 2.45) is 11.7 Å². The molecule has 1 fully saturated rings. The summed E-state index contributed by atoms with van der Waals surface area (Å²) in [5.41, 5.74) is 6.85. The van der Waals surface area contributed by atoms with Gasteiger partial charge < -0.3 is 10.6 Å². The number of hydrogen-bond donors (Lipinski definition) is 1. The second-order valence-corrected chi connectivity index (χ2v) is 6.23. The Hall–Kier alpha value is -0.940. The van der Waals surface area contributed by atoms with E-state index >= 15 is 0 Å². The zero-order valence-electron chi connectivity index (χ0n) is 11.1. The minimum Gasteiger partial charge on any atom is -0.340 e. The molecule has 0 atom stereocenters. The van der Waals surface area contributed by atoms with Crippen LogP contribution in [0, 0.1) is 12.8 Å². The molecule has 0 saturated heterocycles. The molecule has 0 radical (unpaired) electrons. The molecule has 1 heterocycles. The monoisotopic (exact) mass is 267 g/mol. The zero-order chi connectivity index (χ0) is 13.1. The number of amides is 1. The van der Waals surface area contributed by atoms with E-state index in [1.54, 1.807) is 16.2 Å². The second-order valence-electron chi connectivity index (χ2n) is 5.16. The van der Waals surface area contributed by atoms with Gasteiger partial charge in [-0.15, -0.1) is 11.3 Å². The number of hydrogen-bond acceptors (Lipinski definition) is 4. The standard InChI is InChI=1S/C13H21N3OS/c1-9-15-12(8-18-9)7-16(2)13(17)10-3-5-11(14)6-4-10/h8,10-11H,3-7,14H2,1-2H3. The summed E-state index contributed by atoms with van der Waals surface area (Å²) in [6.45, 7) is 2.60. The molecule has 1 amide bonds. The highest BCUT2D eigenvalue weighted by atomic mass is 32.1. The Morgan fingerprint density at radius 1 is 1.50 bits per heavy atom. The van der Waals surface area contributed by atoms with Gasteiger partial charge in [-0.2, -0.15) is 0 Å². The SMILES string of the molecule is Cc1nc(CN(C)C(=O)C2CCC(N)CC2)cs1. The number of thiazole rings is 1. The van der Waals surface area contributed by atoms with E-state index < -0.39 is 0 Å². The fourth-order valence-electron chi connectivity index (χ4n) is 2.48. The quantitative estimate of drug-likeness (QED) is 0.910. The summed E-state index contributed by atoms with van der Waals surface area (Å²) >= 11 is 1.63. The van der Waals surface area contributed by atoms with Gasteiger partial charge in [-0.25, -0.2) is 4.98 Å². The molecule has 0 aromatic carbocycles. The lowest BCUT2D eigenvalue weighted by Crippen LogP contribution is -2.37. The first-order valence-electron chi connectivity index (χ1n) is 6.48. The van der Waals surface area contributed by atoms with Crippen LogP contribution in [0.3, 0.4) is 0 Å². The van der Waals surface area contributed by atoms with Gasteiger partial charge in [0.2, 0.25) is 5.91 Å². The highest BCUT2D eigenvalue weighted by Crippen LogP contribution is 2.25. The Morgan fingerprint density at radius 2 is 2.17 bits per heavy atom. The molecule has 4 nitrogen and oxygen atoms in total. The van der Waals surface area contributed by atoms with E-state index in [-0.39, 0.29) is 11.8 Å². The van der Waals surface area contributed by atoms with Crippen molar-refractivity contribution in [3.05, 3.63) is 16.1 Å². The number of aromatic nitrogens is 1. The number of nitrogens with zero attached hydrogens (tertiary/aromatic N) is 2. The lowest BCUT2D eigenvalue weighted by molar-refractivity contribution is -0.135. The van der Waals surface area contributed by atoms with Crippen LogP contribution in [0.2, 0.25) is 0 Å². The number of carbonyl (C=O) groups excluding carboxylic acids is 1. The molecular formula is C13H21N3OS. The number of aryl methyl sites for hydroxylation is 1. The average molecular weight is 267 g/mol. The summed E-state index contributed by atoms with van der Waals surface area (Å²) in [5.74, 6) is 0.405. The van der Waals surface area contributed by atoms with E-state index in [4.69, 9.17) is 5.73 Å². The third-order valence-corrected chi connectivity index (χ3v) is 4.39. The number of rotatable bonds is 3. The Morgan fingerprint density at radius 3 is 2.72 bits per heavy atom. The normalized spacial score (nSPS) is 23.9. The second kappa shape index (κ2) is 5.80. The Labute approximate surface area is 112 Å². The van der Waals surface area contributed by atoms with Crippen LogP contribution in [0.25, 0.3) is 0 Å². The first-order chi connectivity index (χ1) is 8.56. The third-order valence-electron chi connectivity index (χ3n) is 3.56. The summed E-state index contributed by atoms with van der Waals surface area (Å²) in [6.07, 6.45) is 3.81. The minimum absolute atomic E-state index is 0.162. The molecule has 0 spiro atoms. The van der Waals surface area contributed by atoms with Crippen LogP contribution in [-0.2, 0) is 11.3 Å². The van der Waals surface area contributed by atoms with Crippen LogP contribution in [0.15, 0.2) is 5.38 Å². The first kappa shape index (κ1) is 13.5. The van der Waals surface area contributed by atoms with Crippen LogP contribution in [-0.4, -0.2) is 28.9 Å². The molecular weight excluding hydrogens is 246 g/mol. The summed E-state index contributed by atoms with van der Waals surface area (Å²) in [5, 5.41) is 3.07. The smallest absolute Gasteiger partial charge is 0.225 e. The van der Waals surface area contributed by atoms with Crippen molar-refractivity contribution in [3.63, 3.8) is 0 Å². The van der Waals surface area contributed by atoms with E-state index in [0.717, 1.165) is 36.4 Å². The minimum atomic E-state index is 0.162. The van der Waals surface area contributed by atoms with Gasteiger partial charge in [0.1, 0.15) is 0 Å². The molecule has 2 N–H and O–H groups in total. The molecule has 18 heavy (non-hydrogen) atoms. The first-order valence-corrected chi connectivity index (χ1v) is 7.36. The van der Waals surface area contributed by atoms with Crippen molar-refractivity contribution in [3.8, 4) is 0 Å². The van der Waals surface area contributed by atoms with Gasteiger partial charge in [-0.05, 0) is 32.6 Å². The number of carbonyl (C=O) groups is 1. The maximum Gasteiger partial charge on any atom is 0.225 e. The summed E-state index contributed by atoms with van der Waals surface area (Å²) in [7, 11) is 1.87. The largest absolute Gasteiger partial charge is 0.340 e. The van der Waals surface area contributed by atoms with Crippen LogP contribution < -0.4 is 5.73 Å². The van der Waals surface area contributed by atoms with Crippen LogP contribution >= 0.6 is 11.3 Å². The molecule has 0 unspecified atom stereocenters. The summed E-state index contributed by atoms with van der Waals surface area (Å²) in [6, 6.07) is 0.292. The fraction of sp³-hybridized carbons (Fsp3) is 0.692. The molecule has 5 heteroatoms. The fourth-order valence-corrected chi connectivity index (χ4v) is 3.08. The summed E-state index contributed by atoms with van der Waals surface area (Å²) in [4.78, 5) is 18.5.